The molecule has 1 amide bonds. The number of anilines is 1. The maximum Gasteiger partial charge on any atom is 0.418 e. The summed E-state index contributed by atoms with van der Waals surface area (Å²) in [6, 6.07) is 5.57. The minimum atomic E-state index is -4.60. The molecule has 1 saturated heterocycles. The first-order chi connectivity index (χ1) is 13.7. The number of hydrogen-bond donors (Lipinski definition) is 3. The van der Waals surface area contributed by atoms with Crippen LogP contribution in [-0.4, -0.2) is 44.7 Å². The summed E-state index contributed by atoms with van der Waals surface area (Å²) < 4.78 is 40.9. The molecule has 29 heavy (non-hydrogen) atoms. The van der Waals surface area contributed by atoms with Crippen molar-refractivity contribution in [2.75, 3.05) is 18.0 Å². The number of aromatic nitrogens is 4. The average Bonchev–Trinajstić information content (AvgIpc) is 3.11. The molecular weight excluding hydrogens is 387 g/mol. The number of hydrogen-bond acceptors (Lipinski definition) is 6. The Morgan fingerprint density at radius 2 is 1.97 bits per heavy atom. The van der Waals surface area contributed by atoms with Gasteiger partial charge in [0.05, 0.1) is 16.8 Å². The first kappa shape index (κ1) is 19.1. The molecule has 0 unspecified atom stereocenters. The van der Waals surface area contributed by atoms with Gasteiger partial charge in [0.1, 0.15) is 11.5 Å². The fraction of sp³-hybridized carbons (Fsp3) is 0.333. The monoisotopic (exact) mass is 411 g/mol. The van der Waals surface area contributed by atoms with Crippen molar-refractivity contribution in [3.63, 3.8) is 0 Å². The van der Waals surface area contributed by atoms with E-state index in [0.717, 1.165) is 6.07 Å². The molecule has 1 fully saturated rings. The van der Waals surface area contributed by atoms with Crippen LogP contribution in [0.25, 0.3) is 22.4 Å². The Bertz CT molecular complexity index is 1090. The van der Waals surface area contributed by atoms with E-state index in [4.69, 9.17) is 11.5 Å². The highest BCUT2D eigenvalue weighted by Gasteiger charge is 2.38. The first-order valence-electron chi connectivity index (χ1n) is 8.90. The molecule has 158 valence electrons. The fourth-order valence-electron chi connectivity index (χ4n) is 3.46. The predicted octanol–water partition coefficient (Wildman–Crippen LogP) is 2.56. The molecule has 8 nitrogen and oxygen atoms in total. The molecule has 0 aliphatic carbocycles. The normalized spacial score (nSPS) is 16.9. The van der Waals surface area contributed by atoms with Gasteiger partial charge in [0, 0.05) is 29.0 Å². The van der Waals surface area contributed by atoms with Crippen LogP contribution in [0.5, 0.6) is 0 Å². The van der Waals surface area contributed by atoms with Gasteiger partial charge in [0.2, 0.25) is 5.91 Å². The molecular formula is C18H24F3N7O. The number of nitrogens with one attached hydrogen (secondary N) is 1. The van der Waals surface area contributed by atoms with Crippen LogP contribution in [0.4, 0.5) is 19.0 Å². The van der Waals surface area contributed by atoms with E-state index in [1.165, 1.54) is 12.3 Å². The molecule has 1 aliphatic heterocycles. The highest BCUT2D eigenvalue weighted by Crippen LogP contribution is 2.38. The van der Waals surface area contributed by atoms with Crippen molar-refractivity contribution in [2.45, 2.75) is 24.6 Å². The van der Waals surface area contributed by atoms with Gasteiger partial charge in [-0.05, 0) is 37.1 Å². The lowest BCUT2D eigenvalue weighted by atomic mass is 9.88. The van der Waals surface area contributed by atoms with E-state index in [1.54, 1.807) is 17.0 Å². The molecule has 0 saturated carbocycles. The fourth-order valence-corrected chi connectivity index (χ4v) is 3.46. The molecule has 3 aromatic rings. The van der Waals surface area contributed by atoms with Crippen molar-refractivity contribution in [3.05, 3.63) is 36.0 Å². The third kappa shape index (κ3) is 3.37. The predicted molar refractivity (Wildman–Crippen MR) is 106 cm³/mol. The summed E-state index contributed by atoms with van der Waals surface area (Å²) in [5.41, 5.74) is 9.55. The maximum atomic E-state index is 13.6. The van der Waals surface area contributed by atoms with Crippen LogP contribution in [0, 0.1) is 0 Å². The van der Waals surface area contributed by atoms with Gasteiger partial charge in [-0.25, -0.2) is 9.97 Å². The molecule has 0 bridgehead atoms. The second kappa shape index (κ2) is 6.69. The smallest absolute Gasteiger partial charge is 0.368 e. The zero-order chi connectivity index (χ0) is 20.8. The first-order valence-corrected chi connectivity index (χ1v) is 8.90. The number of amides is 1. The van der Waals surface area contributed by atoms with Crippen molar-refractivity contribution in [1.82, 2.24) is 20.2 Å². The van der Waals surface area contributed by atoms with Gasteiger partial charge in [-0.3, -0.25) is 9.89 Å². The van der Waals surface area contributed by atoms with Gasteiger partial charge < -0.3 is 16.4 Å². The molecule has 0 radical (unpaired) electrons. The van der Waals surface area contributed by atoms with Crippen LogP contribution in [0.15, 0.2) is 30.5 Å². The summed E-state index contributed by atoms with van der Waals surface area (Å²) in [7, 11) is 0. The van der Waals surface area contributed by atoms with Crippen molar-refractivity contribution in [2.24, 2.45) is 11.5 Å². The summed E-state index contributed by atoms with van der Waals surface area (Å²) in [5.74, 6) is -0.235. The number of primary amides is 1. The van der Waals surface area contributed by atoms with Gasteiger partial charge in [-0.1, -0.05) is 0 Å². The second-order valence-electron chi connectivity index (χ2n) is 7.04. The Labute approximate surface area is 167 Å². The minimum Gasteiger partial charge on any atom is -0.368 e. The van der Waals surface area contributed by atoms with E-state index >= 15 is 0 Å². The van der Waals surface area contributed by atoms with Gasteiger partial charge in [-0.2, -0.15) is 18.3 Å². The van der Waals surface area contributed by atoms with E-state index in [0.29, 0.717) is 29.9 Å². The van der Waals surface area contributed by atoms with Crippen LogP contribution in [0.3, 0.4) is 0 Å². The molecule has 4 rings (SSSR count). The van der Waals surface area contributed by atoms with Gasteiger partial charge in [0.25, 0.3) is 0 Å². The minimum absolute atomic E-state index is 0. The number of aromatic amines is 1. The molecule has 4 heterocycles. The Morgan fingerprint density at radius 3 is 2.62 bits per heavy atom. The van der Waals surface area contributed by atoms with E-state index in [9.17, 15) is 18.0 Å². The molecule has 0 aromatic carbocycles. The summed E-state index contributed by atoms with van der Waals surface area (Å²) in [4.78, 5) is 21.7. The largest absolute Gasteiger partial charge is 0.418 e. The van der Waals surface area contributed by atoms with E-state index in [1.807, 2.05) is 0 Å². The number of fused-ring (bicyclic) bond motifs is 1. The third-order valence-corrected chi connectivity index (χ3v) is 5.22. The Kier molecular flexibility index (Phi) is 4.41. The number of carbonyl (C=O) groups excluding carboxylic acids is 1. The Morgan fingerprint density at radius 1 is 1.24 bits per heavy atom. The number of halogens is 3. The van der Waals surface area contributed by atoms with Crippen LogP contribution in [0.1, 0.15) is 22.7 Å². The lowest BCUT2D eigenvalue weighted by Gasteiger charge is -2.37. The number of piperidine rings is 1. The Balaban J connectivity index is 0.00000171. The number of rotatable bonds is 3. The number of nitrogens with two attached hydrogens (primary N) is 2. The van der Waals surface area contributed by atoms with Crippen LogP contribution < -0.4 is 16.4 Å². The zero-order valence-electron chi connectivity index (χ0n) is 15.2. The van der Waals surface area contributed by atoms with Crippen molar-refractivity contribution in [1.29, 1.82) is 0 Å². The molecule has 0 atom stereocenters. The summed E-state index contributed by atoms with van der Waals surface area (Å²) >= 11 is 0. The van der Waals surface area contributed by atoms with Crippen LogP contribution in [0.2, 0.25) is 0 Å². The lowest BCUT2D eigenvalue weighted by Crippen LogP contribution is -2.58. The number of alkyl halides is 3. The zero-order valence-corrected chi connectivity index (χ0v) is 15.2. The SMILES string of the molecule is NC(=O)C1(N)CCN(c2ccc(C(F)(F)F)c(-c3[nH]nc4ncccc34)n2)CC1.[HH].[HH].[HH]. The molecule has 3 aromatic heterocycles. The quantitative estimate of drug-likeness (QED) is 0.608. The summed E-state index contributed by atoms with van der Waals surface area (Å²) in [6.45, 7) is 0.699. The maximum absolute atomic E-state index is 13.6. The lowest BCUT2D eigenvalue weighted by molar-refractivity contribution is -0.137. The standard InChI is InChI=1S/C18H18F3N7O.3H2/c19-18(20,21)11-3-4-12(28-8-5-17(23,6-9-28)16(22)29)25-14(11)13-10-2-1-7-24-15(10)27-26-13;;;/h1-4,7H,5-6,8-9,23H2,(H2,22,29)(H,24,26,27);3*1H. The van der Waals surface area contributed by atoms with Crippen LogP contribution >= 0.6 is 0 Å². The van der Waals surface area contributed by atoms with Crippen molar-refractivity contribution in [3.8, 4) is 11.4 Å². The molecule has 5 N–H and O–H groups in total. The second-order valence-corrected chi connectivity index (χ2v) is 7.04. The topological polar surface area (TPSA) is 127 Å². The number of pyridine rings is 2. The average molecular weight is 411 g/mol. The Hall–Kier alpha value is -3.21. The highest BCUT2D eigenvalue weighted by atomic mass is 19.4. The van der Waals surface area contributed by atoms with E-state index in [2.05, 4.69) is 20.2 Å². The number of nitrogens with zero attached hydrogens (tertiary/aromatic N) is 4. The van der Waals surface area contributed by atoms with Gasteiger partial charge >= 0.3 is 6.18 Å². The summed E-state index contributed by atoms with van der Waals surface area (Å²) in [5, 5.41) is 7.04. The molecule has 0 spiro atoms. The van der Waals surface area contributed by atoms with Gasteiger partial charge in [-0.15, -0.1) is 0 Å². The summed E-state index contributed by atoms with van der Waals surface area (Å²) in [6.07, 6.45) is -2.51. The third-order valence-electron chi connectivity index (χ3n) is 5.22. The molecule has 1 aliphatic rings. The van der Waals surface area contributed by atoms with E-state index < -0.39 is 23.2 Å². The van der Waals surface area contributed by atoms with E-state index in [-0.39, 0.29) is 28.5 Å². The number of carbonyl (C=O) groups is 1. The highest BCUT2D eigenvalue weighted by molar-refractivity contribution is 5.90. The molecule has 11 heteroatoms. The van der Waals surface area contributed by atoms with Crippen molar-refractivity contribution < 1.29 is 22.2 Å². The van der Waals surface area contributed by atoms with Gasteiger partial charge in [0.15, 0.2) is 5.65 Å². The number of H-pyrrole nitrogens is 1. The van der Waals surface area contributed by atoms with Crippen LogP contribution in [-0.2, 0) is 11.0 Å². The van der Waals surface area contributed by atoms with Crippen molar-refractivity contribution >= 4 is 22.8 Å².